The first-order valence-corrected chi connectivity index (χ1v) is 5.72. The lowest BCUT2D eigenvalue weighted by Gasteiger charge is -2.30. The highest BCUT2D eigenvalue weighted by Gasteiger charge is 2.25. The van der Waals surface area contributed by atoms with E-state index in [9.17, 15) is 4.79 Å². The summed E-state index contributed by atoms with van der Waals surface area (Å²) in [4.78, 5) is 11.7. The molecule has 16 heavy (non-hydrogen) atoms. The Kier molecular flexibility index (Phi) is 7.72. The van der Waals surface area contributed by atoms with Gasteiger partial charge in [-0.25, -0.2) is 0 Å². The van der Waals surface area contributed by atoms with E-state index in [0.717, 1.165) is 6.42 Å². The van der Waals surface area contributed by atoms with E-state index in [2.05, 4.69) is 12.2 Å². The highest BCUT2D eigenvalue weighted by Crippen LogP contribution is 2.23. The lowest BCUT2D eigenvalue weighted by Crippen LogP contribution is -2.48. The molecule has 0 aromatic carbocycles. The van der Waals surface area contributed by atoms with Gasteiger partial charge < -0.3 is 15.8 Å². The van der Waals surface area contributed by atoms with E-state index < -0.39 is 6.10 Å². The molecule has 1 saturated carbocycles. The van der Waals surface area contributed by atoms with Crippen molar-refractivity contribution in [2.75, 3.05) is 13.7 Å². The number of hydrogen-bond donors (Lipinski definition) is 2. The molecule has 1 fully saturated rings. The molecule has 0 bridgehead atoms. The van der Waals surface area contributed by atoms with Gasteiger partial charge in [-0.15, -0.1) is 12.4 Å². The van der Waals surface area contributed by atoms with Crippen LogP contribution in [0.4, 0.5) is 0 Å². The quantitative estimate of drug-likeness (QED) is 0.785. The van der Waals surface area contributed by atoms with Crippen molar-refractivity contribution in [3.8, 4) is 0 Å². The van der Waals surface area contributed by atoms with Gasteiger partial charge in [-0.05, 0) is 18.8 Å². The number of nitrogens with two attached hydrogens (primary N) is 1. The molecule has 3 atom stereocenters. The van der Waals surface area contributed by atoms with Crippen molar-refractivity contribution in [3.63, 3.8) is 0 Å². The van der Waals surface area contributed by atoms with E-state index in [-0.39, 0.29) is 24.9 Å². The smallest absolute Gasteiger partial charge is 0.250 e. The molecule has 96 valence electrons. The Morgan fingerprint density at radius 1 is 1.50 bits per heavy atom. The molecular formula is C11H23ClN2O2. The second-order valence-electron chi connectivity index (χ2n) is 4.34. The summed E-state index contributed by atoms with van der Waals surface area (Å²) >= 11 is 0. The van der Waals surface area contributed by atoms with E-state index in [1.54, 1.807) is 0 Å². The second-order valence-corrected chi connectivity index (χ2v) is 4.34. The molecule has 0 spiro atoms. The number of hydrogen-bond acceptors (Lipinski definition) is 3. The van der Waals surface area contributed by atoms with Crippen molar-refractivity contribution >= 4 is 18.3 Å². The summed E-state index contributed by atoms with van der Waals surface area (Å²) in [6.45, 7) is 2.43. The fourth-order valence-electron chi connectivity index (χ4n) is 2.12. The van der Waals surface area contributed by atoms with Crippen LogP contribution in [0.3, 0.4) is 0 Å². The summed E-state index contributed by atoms with van der Waals surface area (Å²) < 4.78 is 5.00. The van der Waals surface area contributed by atoms with E-state index >= 15 is 0 Å². The maximum Gasteiger partial charge on any atom is 0.250 e. The van der Waals surface area contributed by atoms with Gasteiger partial charge in [0.2, 0.25) is 0 Å². The Bertz CT molecular complexity index is 210. The van der Waals surface area contributed by atoms with Crippen LogP contribution < -0.4 is 11.1 Å². The predicted molar refractivity (Wildman–Crippen MR) is 66.7 cm³/mol. The molecule has 0 aromatic heterocycles. The Labute approximate surface area is 104 Å². The standard InChI is InChI=1S/C11H22N2O2.ClH/c1-8-5-3-4-6-9(8)13-11(14)10(7-12)15-2;/h8-10H,3-7,12H2,1-2H3,(H,13,14);1H. The first-order valence-electron chi connectivity index (χ1n) is 5.72. The Morgan fingerprint density at radius 2 is 2.12 bits per heavy atom. The number of nitrogens with one attached hydrogen (secondary N) is 1. The van der Waals surface area contributed by atoms with Crippen molar-refractivity contribution in [2.45, 2.75) is 44.8 Å². The number of ether oxygens (including phenoxy) is 1. The van der Waals surface area contributed by atoms with Gasteiger partial charge in [0.15, 0.2) is 0 Å². The topological polar surface area (TPSA) is 64.3 Å². The maximum atomic E-state index is 11.7. The maximum absolute atomic E-state index is 11.7. The van der Waals surface area contributed by atoms with Crippen molar-refractivity contribution < 1.29 is 9.53 Å². The van der Waals surface area contributed by atoms with Crippen molar-refractivity contribution in [2.24, 2.45) is 11.7 Å². The lowest BCUT2D eigenvalue weighted by molar-refractivity contribution is -0.131. The summed E-state index contributed by atoms with van der Waals surface area (Å²) in [7, 11) is 1.52. The minimum absolute atomic E-state index is 0. The molecule has 1 rings (SSSR count). The summed E-state index contributed by atoms with van der Waals surface area (Å²) in [6.07, 6.45) is 4.26. The SMILES string of the molecule is COC(CN)C(=O)NC1CCCCC1C.Cl. The highest BCUT2D eigenvalue weighted by atomic mass is 35.5. The molecule has 3 N–H and O–H groups in total. The molecule has 3 unspecified atom stereocenters. The molecule has 1 aliphatic carbocycles. The molecule has 0 aromatic rings. The van der Waals surface area contributed by atoms with E-state index in [1.807, 2.05) is 0 Å². The van der Waals surface area contributed by atoms with E-state index in [1.165, 1.54) is 26.4 Å². The van der Waals surface area contributed by atoms with Crippen LogP contribution in [-0.2, 0) is 9.53 Å². The van der Waals surface area contributed by atoms with Crippen LogP contribution in [0.15, 0.2) is 0 Å². The molecule has 0 aliphatic heterocycles. The Morgan fingerprint density at radius 3 is 2.62 bits per heavy atom. The van der Waals surface area contributed by atoms with Crippen LogP contribution >= 0.6 is 12.4 Å². The first-order chi connectivity index (χ1) is 7.19. The van der Waals surface area contributed by atoms with Crippen molar-refractivity contribution in [1.82, 2.24) is 5.32 Å². The Balaban J connectivity index is 0.00000225. The van der Waals surface area contributed by atoms with Gasteiger partial charge in [0.25, 0.3) is 5.91 Å². The second kappa shape index (κ2) is 7.87. The van der Waals surface area contributed by atoms with Crippen LogP contribution in [0.25, 0.3) is 0 Å². The van der Waals surface area contributed by atoms with Gasteiger partial charge in [0, 0.05) is 19.7 Å². The zero-order chi connectivity index (χ0) is 11.3. The zero-order valence-corrected chi connectivity index (χ0v) is 10.9. The normalized spacial score (nSPS) is 26.7. The molecule has 4 nitrogen and oxygen atoms in total. The molecule has 1 aliphatic rings. The lowest BCUT2D eigenvalue weighted by atomic mass is 9.86. The highest BCUT2D eigenvalue weighted by molar-refractivity contribution is 5.85. The number of rotatable bonds is 4. The third kappa shape index (κ3) is 4.28. The van der Waals surface area contributed by atoms with Crippen molar-refractivity contribution in [3.05, 3.63) is 0 Å². The zero-order valence-electron chi connectivity index (χ0n) is 10.1. The molecule has 0 saturated heterocycles. The van der Waals surface area contributed by atoms with Gasteiger partial charge in [0.05, 0.1) is 0 Å². The number of carbonyl (C=O) groups excluding carboxylic acids is 1. The monoisotopic (exact) mass is 250 g/mol. The van der Waals surface area contributed by atoms with Crippen LogP contribution in [-0.4, -0.2) is 31.7 Å². The average molecular weight is 251 g/mol. The average Bonchev–Trinajstić information content (AvgIpc) is 2.23. The number of carbonyl (C=O) groups is 1. The largest absolute Gasteiger partial charge is 0.370 e. The van der Waals surface area contributed by atoms with Crippen LogP contribution in [0.1, 0.15) is 32.6 Å². The minimum Gasteiger partial charge on any atom is -0.370 e. The number of amides is 1. The van der Waals surface area contributed by atoms with E-state index in [4.69, 9.17) is 10.5 Å². The number of methoxy groups -OCH3 is 1. The molecule has 1 amide bonds. The third-order valence-electron chi connectivity index (χ3n) is 3.23. The van der Waals surface area contributed by atoms with Crippen LogP contribution in [0, 0.1) is 5.92 Å². The fraction of sp³-hybridized carbons (Fsp3) is 0.909. The molecule has 0 radical (unpaired) electrons. The molecule has 5 heteroatoms. The van der Waals surface area contributed by atoms with Gasteiger partial charge >= 0.3 is 0 Å². The molecular weight excluding hydrogens is 228 g/mol. The third-order valence-corrected chi connectivity index (χ3v) is 3.23. The summed E-state index contributed by atoms with van der Waals surface area (Å²) in [6, 6.07) is 0.301. The number of halogens is 1. The predicted octanol–water partition coefficient (Wildman–Crippen LogP) is 1.08. The molecule has 0 heterocycles. The first kappa shape index (κ1) is 15.7. The fourth-order valence-corrected chi connectivity index (χ4v) is 2.12. The van der Waals surface area contributed by atoms with Crippen molar-refractivity contribution in [1.29, 1.82) is 0 Å². The van der Waals surface area contributed by atoms with Gasteiger partial charge in [0.1, 0.15) is 6.10 Å². The van der Waals surface area contributed by atoms with Crippen LogP contribution in [0.5, 0.6) is 0 Å². The van der Waals surface area contributed by atoms with Gasteiger partial charge in [-0.1, -0.05) is 19.8 Å². The summed E-state index contributed by atoms with van der Waals surface area (Å²) in [5.74, 6) is 0.497. The van der Waals surface area contributed by atoms with Gasteiger partial charge in [-0.2, -0.15) is 0 Å². The van der Waals surface area contributed by atoms with E-state index in [0.29, 0.717) is 12.0 Å². The summed E-state index contributed by atoms with van der Waals surface area (Å²) in [5.41, 5.74) is 5.44. The van der Waals surface area contributed by atoms with Gasteiger partial charge in [-0.3, -0.25) is 4.79 Å². The Hall–Kier alpha value is -0.320. The summed E-state index contributed by atoms with van der Waals surface area (Å²) in [5, 5.41) is 3.03. The van der Waals surface area contributed by atoms with Crippen LogP contribution in [0.2, 0.25) is 0 Å². The minimum atomic E-state index is -0.501.